The van der Waals surface area contributed by atoms with Crippen molar-refractivity contribution in [1.82, 2.24) is 9.13 Å². The Kier molecular flexibility index (Phi) is 9.71. The van der Waals surface area contributed by atoms with Gasteiger partial charge in [-0.2, -0.15) is 0 Å². The van der Waals surface area contributed by atoms with Gasteiger partial charge in [-0.1, -0.05) is 0 Å². The largest absolute Gasteiger partial charge is 4.00 e. The van der Waals surface area contributed by atoms with Gasteiger partial charge in [0, 0.05) is 23.3 Å². The molecule has 0 aliphatic carbocycles. The van der Waals surface area contributed by atoms with E-state index in [0.29, 0.717) is 11.4 Å². The third-order valence-electron chi connectivity index (χ3n) is 3.45. The van der Waals surface area contributed by atoms with Gasteiger partial charge in [0.25, 0.3) is 0 Å². The molecule has 4 aromatic rings. The Morgan fingerprint density at radius 3 is 1.18 bits per heavy atom. The molecule has 0 saturated heterocycles. The van der Waals surface area contributed by atoms with Crippen molar-refractivity contribution in [1.29, 1.82) is 0 Å². The normalized spacial score (nSPS) is 9.57. The van der Waals surface area contributed by atoms with Gasteiger partial charge in [0.2, 0.25) is 24.0 Å². The Balaban J connectivity index is 0.000000261. The first-order chi connectivity index (χ1) is 12.5. The molecule has 2 nitrogen and oxygen atoms in total. The average molecular weight is 533 g/mol. The molecule has 0 atom stereocenters. The molecule has 0 aliphatic heterocycles. The molecular formula is C20H14F4IN2Ti+3. The van der Waals surface area contributed by atoms with Crippen LogP contribution in [0.3, 0.4) is 0 Å². The predicted molar refractivity (Wildman–Crippen MR) is 91.8 cm³/mol. The number of hydrogen-bond donors (Lipinski definition) is 0. The molecule has 2 aromatic carbocycles. The number of rotatable bonds is 2. The Morgan fingerprint density at radius 1 is 0.571 bits per heavy atom. The SMILES string of the molecule is Fc1[c-]c(F)c(-n2cccc2)cc1.Fc1[c-]c(F)c(-n2cccc2)cc1.[IH2+].[Ti+4]. The van der Waals surface area contributed by atoms with Gasteiger partial charge in [0.1, 0.15) is 0 Å². The van der Waals surface area contributed by atoms with E-state index in [1.165, 1.54) is 24.3 Å². The molecule has 0 N–H and O–H groups in total. The number of benzene rings is 2. The van der Waals surface area contributed by atoms with Gasteiger partial charge in [0.15, 0.2) is 0 Å². The van der Waals surface area contributed by atoms with Crippen molar-refractivity contribution in [3.05, 3.63) is 109 Å². The van der Waals surface area contributed by atoms with Gasteiger partial charge in [-0.05, 0) is 60.4 Å². The molecule has 0 radical (unpaired) electrons. The summed E-state index contributed by atoms with van der Waals surface area (Å²) in [7, 11) is 0. The van der Waals surface area contributed by atoms with Crippen LogP contribution in [-0.4, -0.2) is 9.13 Å². The van der Waals surface area contributed by atoms with Crippen molar-refractivity contribution in [2.45, 2.75) is 0 Å². The van der Waals surface area contributed by atoms with Crippen LogP contribution in [0.1, 0.15) is 0 Å². The molecule has 8 heteroatoms. The van der Waals surface area contributed by atoms with Crippen molar-refractivity contribution in [3.8, 4) is 11.4 Å². The third-order valence-corrected chi connectivity index (χ3v) is 3.45. The fourth-order valence-electron chi connectivity index (χ4n) is 2.26. The molecule has 2 aromatic heterocycles. The Hall–Kier alpha value is -1.84. The Labute approximate surface area is 191 Å². The van der Waals surface area contributed by atoms with Crippen molar-refractivity contribution in [2.24, 2.45) is 0 Å². The summed E-state index contributed by atoms with van der Waals surface area (Å²) in [4.78, 5) is 0. The first-order valence-electron chi connectivity index (χ1n) is 7.56. The minimum Gasteiger partial charge on any atom is -0.375 e. The van der Waals surface area contributed by atoms with E-state index >= 15 is 0 Å². The molecule has 28 heavy (non-hydrogen) atoms. The van der Waals surface area contributed by atoms with Crippen LogP contribution in [0.25, 0.3) is 11.4 Å². The summed E-state index contributed by atoms with van der Waals surface area (Å²) in [6.07, 6.45) is 6.74. The van der Waals surface area contributed by atoms with Gasteiger partial charge in [-0.3, -0.25) is 0 Å². The molecule has 0 unspecified atom stereocenters. The van der Waals surface area contributed by atoms with E-state index < -0.39 is 23.3 Å². The molecule has 0 amide bonds. The summed E-state index contributed by atoms with van der Waals surface area (Å²) in [6.45, 7) is 0. The summed E-state index contributed by atoms with van der Waals surface area (Å²) in [5.41, 5.74) is 0.595. The van der Waals surface area contributed by atoms with E-state index in [-0.39, 0.29) is 45.7 Å². The zero-order valence-corrected chi connectivity index (χ0v) is 18.4. The van der Waals surface area contributed by atoms with Crippen LogP contribution in [0.4, 0.5) is 17.6 Å². The van der Waals surface area contributed by atoms with Crippen molar-refractivity contribution in [3.63, 3.8) is 0 Å². The number of halogens is 5. The number of hydrogen-bond acceptors (Lipinski definition) is 0. The quantitative estimate of drug-likeness (QED) is 0.161. The molecular weight excluding hydrogens is 519 g/mol. The van der Waals surface area contributed by atoms with Crippen molar-refractivity contribution in [2.75, 3.05) is 0 Å². The maximum absolute atomic E-state index is 13.1. The summed E-state index contributed by atoms with van der Waals surface area (Å²) in [6, 6.07) is 16.1. The molecule has 0 bridgehead atoms. The van der Waals surface area contributed by atoms with E-state index in [0.717, 1.165) is 0 Å². The molecule has 4 rings (SSSR count). The van der Waals surface area contributed by atoms with Crippen LogP contribution in [-0.2, 0) is 21.7 Å². The maximum Gasteiger partial charge on any atom is 4.00 e. The Morgan fingerprint density at radius 2 is 0.893 bits per heavy atom. The third kappa shape index (κ3) is 6.08. The first kappa shape index (κ1) is 24.2. The standard InChI is InChI=1S/2C10H6F2N.H2I.Ti/c2*11-8-3-4-10(9(12)7-8)13-5-1-2-6-13;;/h2*1-6H;1H2;/q2*-1;+1;+4. The van der Waals surface area contributed by atoms with E-state index in [4.69, 9.17) is 0 Å². The van der Waals surface area contributed by atoms with E-state index in [1.54, 1.807) is 58.2 Å². The van der Waals surface area contributed by atoms with Gasteiger partial charge in [-0.25, -0.2) is 17.6 Å². The summed E-state index contributed by atoms with van der Waals surface area (Å²) in [5.74, 6) is -2.74. The summed E-state index contributed by atoms with van der Waals surface area (Å²) in [5, 5.41) is 0. The monoisotopic (exact) mass is 533 g/mol. The Bertz CT molecular complexity index is 908. The van der Waals surface area contributed by atoms with E-state index in [2.05, 4.69) is 0 Å². The molecule has 140 valence electrons. The van der Waals surface area contributed by atoms with Crippen molar-refractivity contribution >= 4 is 0 Å². The molecule has 0 saturated carbocycles. The zero-order chi connectivity index (χ0) is 18.5. The number of nitrogens with zero attached hydrogens (tertiary/aromatic N) is 2. The fourth-order valence-corrected chi connectivity index (χ4v) is 2.26. The molecule has 2 heterocycles. The van der Waals surface area contributed by atoms with Crippen LogP contribution in [0.5, 0.6) is 0 Å². The zero-order valence-electron chi connectivity index (χ0n) is 14.3. The van der Waals surface area contributed by atoms with Gasteiger partial charge in [-0.15, -0.1) is 36.4 Å². The minimum atomic E-state index is -0.687. The van der Waals surface area contributed by atoms with Gasteiger partial charge < -0.3 is 9.13 Å². The van der Waals surface area contributed by atoms with Crippen LogP contribution >= 0.6 is 0 Å². The van der Waals surface area contributed by atoms with Crippen LogP contribution in [0.2, 0.25) is 0 Å². The summed E-state index contributed by atoms with van der Waals surface area (Å²) >= 11 is 0. The van der Waals surface area contributed by atoms with Crippen LogP contribution in [0.15, 0.2) is 73.3 Å². The average Bonchev–Trinajstić information content (AvgIpc) is 3.29. The smallest absolute Gasteiger partial charge is 0.375 e. The minimum absolute atomic E-state index is 0. The van der Waals surface area contributed by atoms with E-state index in [1.807, 2.05) is 12.1 Å². The summed E-state index contributed by atoms with van der Waals surface area (Å²) < 4.78 is 54.3. The van der Waals surface area contributed by atoms with Gasteiger partial charge in [0.05, 0.1) is 0 Å². The van der Waals surface area contributed by atoms with Crippen LogP contribution in [0, 0.1) is 35.4 Å². The van der Waals surface area contributed by atoms with Crippen molar-refractivity contribution < 1.29 is 63.3 Å². The maximum atomic E-state index is 13.1. The van der Waals surface area contributed by atoms with Gasteiger partial charge >= 0.3 is 21.7 Å². The van der Waals surface area contributed by atoms with E-state index in [9.17, 15) is 17.6 Å². The fraction of sp³-hybridized carbons (Fsp3) is 0. The number of aromatic nitrogens is 2. The predicted octanol–water partition coefficient (Wildman–Crippen LogP) is 1.58. The topological polar surface area (TPSA) is 9.86 Å². The molecule has 0 spiro atoms. The second kappa shape index (κ2) is 11.2. The second-order valence-electron chi connectivity index (χ2n) is 5.19. The second-order valence-corrected chi connectivity index (χ2v) is 5.19. The first-order valence-corrected chi connectivity index (χ1v) is 7.56. The van der Waals surface area contributed by atoms with Crippen LogP contribution < -0.4 is 24.0 Å². The molecule has 0 aliphatic rings. The molecule has 0 fully saturated rings.